The minimum atomic E-state index is -4.44. The molecular weight excluding hydrogens is 550 g/mol. The molecule has 2 aromatic carbocycles. The van der Waals surface area contributed by atoms with Crippen molar-refractivity contribution >= 4 is 38.3 Å². The molecule has 3 heterocycles. The number of sulfonamides is 1. The molecule has 0 amide bonds. The summed E-state index contributed by atoms with van der Waals surface area (Å²) in [7, 11) is -4.44. The molecule has 206 valence electrons. The fourth-order valence-corrected chi connectivity index (χ4v) is 6.00. The Balaban J connectivity index is 1.43. The van der Waals surface area contributed by atoms with E-state index in [0.717, 1.165) is 38.1 Å². The molecule has 0 aliphatic carbocycles. The van der Waals surface area contributed by atoms with Gasteiger partial charge < -0.3 is 9.64 Å². The van der Waals surface area contributed by atoms with E-state index in [1.54, 1.807) is 6.07 Å². The van der Waals surface area contributed by atoms with Crippen LogP contribution < -0.4 is 9.46 Å². The average molecular weight is 577 g/mol. The molecule has 2 N–H and O–H groups in total. The number of benzene rings is 2. The minimum Gasteiger partial charge on any atom is -0.474 e. The van der Waals surface area contributed by atoms with Gasteiger partial charge in [-0.25, -0.2) is 22.2 Å². The summed E-state index contributed by atoms with van der Waals surface area (Å²) >= 11 is 6.39. The monoisotopic (exact) mass is 576 g/mol. The number of rotatable bonds is 7. The summed E-state index contributed by atoms with van der Waals surface area (Å²) in [5.41, 5.74) is 1.68. The third-order valence-corrected chi connectivity index (χ3v) is 8.40. The van der Waals surface area contributed by atoms with Crippen LogP contribution in [-0.2, 0) is 10.0 Å². The third kappa shape index (κ3) is 5.68. The smallest absolute Gasteiger partial charge is 0.264 e. The Hall–Kier alpha value is -3.35. The van der Waals surface area contributed by atoms with Crippen molar-refractivity contribution in [2.45, 2.75) is 50.7 Å². The molecule has 9 nitrogen and oxygen atoms in total. The molecule has 1 aliphatic heterocycles. The summed E-state index contributed by atoms with van der Waals surface area (Å²) in [5, 5.41) is 7.87. The van der Waals surface area contributed by atoms with Crippen molar-refractivity contribution in [3.63, 3.8) is 0 Å². The van der Waals surface area contributed by atoms with Crippen LogP contribution in [0.25, 0.3) is 22.4 Å². The predicted octanol–water partition coefficient (Wildman–Crippen LogP) is 5.31. The molecule has 4 aromatic rings. The van der Waals surface area contributed by atoms with Crippen molar-refractivity contribution in [1.82, 2.24) is 25.1 Å². The first-order valence-corrected chi connectivity index (χ1v) is 14.3. The Morgan fingerprint density at radius 1 is 1.13 bits per heavy atom. The van der Waals surface area contributed by atoms with E-state index in [2.05, 4.69) is 43.6 Å². The topological polar surface area (TPSA) is 113 Å². The molecule has 5 rings (SSSR count). The maximum Gasteiger partial charge on any atom is 0.264 e. The fraction of sp³-hybridized carbons (Fsp3) is 0.346. The molecule has 0 saturated carbocycles. The number of nitrogens with zero attached hydrogens (tertiary/aromatic N) is 4. The van der Waals surface area contributed by atoms with Crippen LogP contribution >= 0.6 is 11.6 Å². The zero-order chi connectivity index (χ0) is 27.9. The highest BCUT2D eigenvalue weighted by molar-refractivity contribution is 7.92. The lowest BCUT2D eigenvalue weighted by Gasteiger charge is -2.34. The molecule has 1 saturated heterocycles. The molecule has 0 radical (unpaired) electrons. The number of H-pyrrole nitrogens is 1. The highest BCUT2D eigenvalue weighted by Gasteiger charge is 2.25. The van der Waals surface area contributed by atoms with Gasteiger partial charge in [-0.3, -0.25) is 9.82 Å². The van der Waals surface area contributed by atoms with Gasteiger partial charge in [0.2, 0.25) is 5.88 Å². The first kappa shape index (κ1) is 27.2. The van der Waals surface area contributed by atoms with Crippen LogP contribution in [0.15, 0.2) is 41.3 Å². The van der Waals surface area contributed by atoms with Gasteiger partial charge in [-0.05, 0) is 70.0 Å². The zero-order valence-corrected chi connectivity index (χ0v) is 23.1. The lowest BCUT2D eigenvalue weighted by atomic mass is 10.1. The van der Waals surface area contributed by atoms with Gasteiger partial charge in [-0.2, -0.15) is 10.1 Å². The zero-order valence-electron chi connectivity index (χ0n) is 21.5. The number of likely N-dealkylation sites (tertiary alicyclic amines) is 1. The summed E-state index contributed by atoms with van der Waals surface area (Å²) in [6, 6.07) is 7.11. The summed E-state index contributed by atoms with van der Waals surface area (Å²) in [6.07, 6.45) is 1.72. The highest BCUT2D eigenvalue weighted by atomic mass is 35.5. The number of piperidine rings is 1. The standard InChI is InChI=1S/C26H27ClF2N6O3S/c1-14(2)35-10-8-18(9-11-35)38-26-23-15(3)32-33-25(23)30-24(31-26)16-4-7-21(19(27)12-16)34-39(36,37)22-13-17(28)5-6-20(22)29/h4-7,12-14,18,34H,8-11H2,1-3H3,(H,30,31,32,33). The molecule has 39 heavy (non-hydrogen) atoms. The van der Waals surface area contributed by atoms with Crippen molar-refractivity contribution in [3.8, 4) is 17.3 Å². The van der Waals surface area contributed by atoms with Gasteiger partial charge in [0, 0.05) is 24.7 Å². The normalized spacial score (nSPS) is 15.3. The van der Waals surface area contributed by atoms with E-state index in [0.29, 0.717) is 46.1 Å². The molecule has 1 aliphatic rings. The van der Waals surface area contributed by atoms with Crippen LogP contribution in [0.3, 0.4) is 0 Å². The number of aromatic nitrogens is 4. The van der Waals surface area contributed by atoms with Gasteiger partial charge >= 0.3 is 0 Å². The van der Waals surface area contributed by atoms with Gasteiger partial charge in [0.05, 0.1) is 16.4 Å². The second-order valence-electron chi connectivity index (χ2n) is 9.71. The van der Waals surface area contributed by atoms with Crippen molar-refractivity contribution in [2.24, 2.45) is 0 Å². The van der Waals surface area contributed by atoms with Gasteiger partial charge in [-0.1, -0.05) is 11.6 Å². The second-order valence-corrected chi connectivity index (χ2v) is 11.8. The first-order chi connectivity index (χ1) is 18.5. The third-order valence-electron chi connectivity index (χ3n) is 6.71. The molecule has 0 unspecified atom stereocenters. The van der Waals surface area contributed by atoms with Crippen molar-refractivity contribution in [3.05, 3.63) is 58.7 Å². The van der Waals surface area contributed by atoms with Crippen molar-refractivity contribution < 1.29 is 21.9 Å². The molecule has 2 aromatic heterocycles. The maximum atomic E-state index is 14.1. The number of fused-ring (bicyclic) bond motifs is 1. The Labute approximate surface area is 229 Å². The molecule has 13 heteroatoms. The Morgan fingerprint density at radius 3 is 2.56 bits per heavy atom. The number of anilines is 1. The molecule has 1 fully saturated rings. The SMILES string of the molecule is Cc1n[nH]c2nc(-c3ccc(NS(=O)(=O)c4cc(F)ccc4F)c(Cl)c3)nc(OC3CCN(C(C)C)CC3)c12. The van der Waals surface area contributed by atoms with Gasteiger partial charge in [0.1, 0.15) is 28.0 Å². The average Bonchev–Trinajstić information content (AvgIpc) is 3.27. The molecule has 0 atom stereocenters. The lowest BCUT2D eigenvalue weighted by Crippen LogP contribution is -2.41. The number of hydrogen-bond donors (Lipinski definition) is 2. The molecular formula is C26H27ClF2N6O3S. The number of halogens is 3. The fourth-order valence-electron chi connectivity index (χ4n) is 4.54. The van der Waals surface area contributed by atoms with E-state index < -0.39 is 26.6 Å². The van der Waals surface area contributed by atoms with Crippen molar-refractivity contribution in [1.29, 1.82) is 0 Å². The maximum absolute atomic E-state index is 14.1. The highest BCUT2D eigenvalue weighted by Crippen LogP contribution is 2.33. The number of ether oxygens (including phenoxy) is 1. The predicted molar refractivity (Wildman–Crippen MR) is 144 cm³/mol. The van der Waals surface area contributed by atoms with E-state index in [9.17, 15) is 17.2 Å². The summed E-state index contributed by atoms with van der Waals surface area (Å²) < 4.78 is 61.6. The van der Waals surface area contributed by atoms with Crippen LogP contribution in [0.5, 0.6) is 5.88 Å². The van der Waals surface area contributed by atoms with Crippen LogP contribution in [0, 0.1) is 18.6 Å². The number of nitrogens with one attached hydrogen (secondary N) is 2. The van der Waals surface area contributed by atoms with Crippen LogP contribution in [0.1, 0.15) is 32.4 Å². The number of aromatic amines is 1. The first-order valence-electron chi connectivity index (χ1n) is 12.4. The number of hydrogen-bond acceptors (Lipinski definition) is 7. The van der Waals surface area contributed by atoms with Crippen molar-refractivity contribution in [2.75, 3.05) is 17.8 Å². The van der Waals surface area contributed by atoms with E-state index >= 15 is 0 Å². The molecule has 0 bridgehead atoms. The largest absolute Gasteiger partial charge is 0.474 e. The lowest BCUT2D eigenvalue weighted by molar-refractivity contribution is 0.0824. The summed E-state index contributed by atoms with van der Waals surface area (Å²) in [6.45, 7) is 8.06. The van der Waals surface area contributed by atoms with E-state index in [1.807, 2.05) is 6.92 Å². The van der Waals surface area contributed by atoms with Gasteiger partial charge in [0.15, 0.2) is 11.5 Å². The Morgan fingerprint density at radius 2 is 1.87 bits per heavy atom. The van der Waals surface area contributed by atoms with E-state index in [-0.39, 0.29) is 16.8 Å². The Bertz CT molecular complexity index is 1640. The molecule has 0 spiro atoms. The quantitative estimate of drug-likeness (QED) is 0.306. The van der Waals surface area contributed by atoms with Crippen LogP contribution in [0.4, 0.5) is 14.5 Å². The van der Waals surface area contributed by atoms with Crippen LogP contribution in [0.2, 0.25) is 5.02 Å². The minimum absolute atomic E-state index is 0.0103. The van der Waals surface area contributed by atoms with E-state index in [4.69, 9.17) is 16.3 Å². The summed E-state index contributed by atoms with van der Waals surface area (Å²) in [5.74, 6) is -1.26. The second kappa shape index (κ2) is 10.7. The van der Waals surface area contributed by atoms with E-state index in [1.165, 1.54) is 12.1 Å². The van der Waals surface area contributed by atoms with Gasteiger partial charge in [-0.15, -0.1) is 0 Å². The number of aryl methyl sites for hydroxylation is 1. The summed E-state index contributed by atoms with van der Waals surface area (Å²) in [4.78, 5) is 10.8. The Kier molecular flexibility index (Phi) is 7.45. The van der Waals surface area contributed by atoms with Gasteiger partial charge in [0.25, 0.3) is 10.0 Å². The van der Waals surface area contributed by atoms with Crippen LogP contribution in [-0.4, -0.2) is 58.7 Å².